The molecule has 1 aromatic carbocycles. The molecule has 0 fully saturated rings. The predicted octanol–water partition coefficient (Wildman–Crippen LogP) is 2.34. The first kappa shape index (κ1) is 11.3. The molecular formula is C12H16ClN3. The summed E-state index contributed by atoms with van der Waals surface area (Å²) < 4.78 is 0. The second-order valence-corrected chi connectivity index (χ2v) is 4.44. The molecule has 1 aromatic rings. The van der Waals surface area contributed by atoms with Crippen LogP contribution in [0.1, 0.15) is 24.1 Å². The molecular weight excluding hydrogens is 222 g/mol. The summed E-state index contributed by atoms with van der Waals surface area (Å²) in [5.41, 5.74) is 8.30. The van der Waals surface area contributed by atoms with Crippen LogP contribution in [-0.2, 0) is 0 Å². The Bertz CT molecular complexity index is 428. The van der Waals surface area contributed by atoms with Gasteiger partial charge in [-0.25, -0.2) is 0 Å². The lowest BCUT2D eigenvalue weighted by Crippen LogP contribution is -2.36. The first-order valence-electron chi connectivity index (χ1n) is 5.46. The highest BCUT2D eigenvalue weighted by Crippen LogP contribution is 2.29. The van der Waals surface area contributed by atoms with Gasteiger partial charge < -0.3 is 10.6 Å². The summed E-state index contributed by atoms with van der Waals surface area (Å²) in [5, 5.41) is 0.774. The van der Waals surface area contributed by atoms with Gasteiger partial charge in [0.05, 0.1) is 12.6 Å². The molecule has 16 heavy (non-hydrogen) atoms. The summed E-state index contributed by atoms with van der Waals surface area (Å²) in [6.45, 7) is 5.78. The summed E-state index contributed by atoms with van der Waals surface area (Å²) in [7, 11) is 0. The van der Waals surface area contributed by atoms with Crippen LogP contribution in [-0.4, -0.2) is 23.9 Å². The molecule has 0 bridgehead atoms. The van der Waals surface area contributed by atoms with E-state index in [9.17, 15) is 0 Å². The molecule has 0 saturated heterocycles. The number of rotatable bonds is 2. The van der Waals surface area contributed by atoms with Crippen molar-refractivity contribution in [3.63, 3.8) is 0 Å². The molecule has 1 unspecified atom stereocenters. The van der Waals surface area contributed by atoms with Gasteiger partial charge in [-0.1, -0.05) is 17.7 Å². The number of halogens is 1. The van der Waals surface area contributed by atoms with Gasteiger partial charge in [-0.05, 0) is 37.1 Å². The van der Waals surface area contributed by atoms with Crippen LogP contribution in [0.3, 0.4) is 0 Å². The monoisotopic (exact) mass is 237 g/mol. The largest absolute Gasteiger partial charge is 0.370 e. The second kappa shape index (κ2) is 4.34. The third-order valence-electron chi connectivity index (χ3n) is 3.03. The third kappa shape index (κ3) is 1.87. The van der Waals surface area contributed by atoms with Crippen molar-refractivity contribution in [3.05, 3.63) is 34.3 Å². The van der Waals surface area contributed by atoms with Crippen molar-refractivity contribution in [2.45, 2.75) is 19.9 Å². The molecule has 0 saturated carbocycles. The molecule has 0 aromatic heterocycles. The molecule has 1 aliphatic rings. The standard InChI is InChI=1S/C12H16ClN3/c1-3-16-11(7-15-12(16)14)10-5-4-9(13)6-8(10)2/h4-6,11H,3,7H2,1-2H3,(H2,14,15). The van der Waals surface area contributed by atoms with Crippen molar-refractivity contribution in [2.75, 3.05) is 13.1 Å². The van der Waals surface area contributed by atoms with E-state index >= 15 is 0 Å². The Morgan fingerprint density at radius 2 is 2.31 bits per heavy atom. The van der Waals surface area contributed by atoms with Crippen LogP contribution in [0.15, 0.2) is 23.2 Å². The fraction of sp³-hybridized carbons (Fsp3) is 0.417. The maximum absolute atomic E-state index is 5.96. The fourth-order valence-electron chi connectivity index (χ4n) is 2.19. The van der Waals surface area contributed by atoms with E-state index in [0.29, 0.717) is 5.96 Å². The number of nitrogens with two attached hydrogens (primary N) is 1. The highest BCUT2D eigenvalue weighted by Gasteiger charge is 2.26. The predicted molar refractivity (Wildman–Crippen MR) is 67.8 cm³/mol. The highest BCUT2D eigenvalue weighted by molar-refractivity contribution is 6.30. The van der Waals surface area contributed by atoms with Gasteiger partial charge in [-0.2, -0.15) is 0 Å². The first-order valence-corrected chi connectivity index (χ1v) is 5.84. The van der Waals surface area contributed by atoms with Gasteiger partial charge in [0, 0.05) is 11.6 Å². The molecule has 0 radical (unpaired) electrons. The minimum atomic E-state index is 0.266. The summed E-state index contributed by atoms with van der Waals surface area (Å²) in [6, 6.07) is 6.24. The number of nitrogens with zero attached hydrogens (tertiary/aromatic N) is 2. The molecule has 0 aliphatic carbocycles. The summed E-state index contributed by atoms with van der Waals surface area (Å²) in [6.07, 6.45) is 0. The van der Waals surface area contributed by atoms with Gasteiger partial charge in [-0.15, -0.1) is 0 Å². The van der Waals surface area contributed by atoms with E-state index in [-0.39, 0.29) is 6.04 Å². The van der Waals surface area contributed by atoms with Gasteiger partial charge in [0.25, 0.3) is 0 Å². The maximum Gasteiger partial charge on any atom is 0.191 e. The summed E-state index contributed by atoms with van der Waals surface area (Å²) >= 11 is 5.96. The van der Waals surface area contributed by atoms with Crippen LogP contribution >= 0.6 is 11.6 Å². The molecule has 0 spiro atoms. The summed E-state index contributed by atoms with van der Waals surface area (Å²) in [5.74, 6) is 0.641. The van der Waals surface area contributed by atoms with E-state index in [4.69, 9.17) is 17.3 Å². The lowest BCUT2D eigenvalue weighted by molar-refractivity contribution is 0.363. The van der Waals surface area contributed by atoms with Gasteiger partial charge in [-0.3, -0.25) is 4.99 Å². The number of aryl methyl sites for hydroxylation is 1. The van der Waals surface area contributed by atoms with E-state index in [1.807, 2.05) is 12.1 Å². The van der Waals surface area contributed by atoms with Crippen molar-refractivity contribution in [2.24, 2.45) is 10.7 Å². The average Bonchev–Trinajstić information content (AvgIpc) is 2.59. The van der Waals surface area contributed by atoms with Crippen molar-refractivity contribution >= 4 is 17.6 Å². The molecule has 1 heterocycles. The molecule has 0 amide bonds. The minimum absolute atomic E-state index is 0.266. The van der Waals surface area contributed by atoms with E-state index in [0.717, 1.165) is 18.1 Å². The molecule has 86 valence electrons. The Hall–Kier alpha value is -1.22. The van der Waals surface area contributed by atoms with Crippen molar-refractivity contribution in [1.82, 2.24) is 4.90 Å². The van der Waals surface area contributed by atoms with E-state index in [2.05, 4.69) is 29.8 Å². The maximum atomic E-state index is 5.96. The van der Waals surface area contributed by atoms with Crippen LogP contribution < -0.4 is 5.73 Å². The fourth-order valence-corrected chi connectivity index (χ4v) is 2.42. The third-order valence-corrected chi connectivity index (χ3v) is 3.26. The molecule has 2 N–H and O–H groups in total. The van der Waals surface area contributed by atoms with Crippen LogP contribution in [0, 0.1) is 6.92 Å². The van der Waals surface area contributed by atoms with Crippen LogP contribution in [0.4, 0.5) is 0 Å². The van der Waals surface area contributed by atoms with E-state index in [1.165, 1.54) is 11.1 Å². The van der Waals surface area contributed by atoms with Crippen molar-refractivity contribution < 1.29 is 0 Å². The van der Waals surface area contributed by atoms with Gasteiger partial charge in [0.15, 0.2) is 5.96 Å². The van der Waals surface area contributed by atoms with E-state index < -0.39 is 0 Å². The lowest BCUT2D eigenvalue weighted by Gasteiger charge is -2.26. The van der Waals surface area contributed by atoms with E-state index in [1.54, 1.807) is 0 Å². The van der Waals surface area contributed by atoms with Crippen LogP contribution in [0.5, 0.6) is 0 Å². The zero-order valence-corrected chi connectivity index (χ0v) is 10.3. The topological polar surface area (TPSA) is 41.6 Å². The Kier molecular flexibility index (Phi) is 3.06. The second-order valence-electron chi connectivity index (χ2n) is 4.00. The zero-order chi connectivity index (χ0) is 11.7. The highest BCUT2D eigenvalue weighted by atomic mass is 35.5. The first-order chi connectivity index (χ1) is 7.63. The smallest absolute Gasteiger partial charge is 0.191 e. The number of likely N-dealkylation sites (N-methyl/N-ethyl adjacent to an activating group) is 1. The normalized spacial score (nSPS) is 20.1. The van der Waals surface area contributed by atoms with Gasteiger partial charge in [0.2, 0.25) is 0 Å². The number of benzene rings is 1. The van der Waals surface area contributed by atoms with Crippen LogP contribution in [0.25, 0.3) is 0 Å². The Morgan fingerprint density at radius 3 is 2.94 bits per heavy atom. The quantitative estimate of drug-likeness (QED) is 0.858. The lowest BCUT2D eigenvalue weighted by atomic mass is 10.0. The molecule has 1 atom stereocenters. The SMILES string of the molecule is CCN1C(N)=NCC1c1ccc(Cl)cc1C. The molecule has 4 heteroatoms. The Morgan fingerprint density at radius 1 is 1.56 bits per heavy atom. The van der Waals surface area contributed by atoms with Gasteiger partial charge >= 0.3 is 0 Å². The van der Waals surface area contributed by atoms with Gasteiger partial charge in [0.1, 0.15) is 0 Å². The number of guanidine groups is 1. The Labute approximate surface area is 101 Å². The summed E-state index contributed by atoms with van der Waals surface area (Å²) in [4.78, 5) is 6.42. The zero-order valence-electron chi connectivity index (χ0n) is 9.57. The van der Waals surface area contributed by atoms with Crippen molar-refractivity contribution in [3.8, 4) is 0 Å². The molecule has 1 aliphatic heterocycles. The number of hydrogen-bond donors (Lipinski definition) is 1. The molecule has 2 rings (SSSR count). The van der Waals surface area contributed by atoms with Crippen molar-refractivity contribution in [1.29, 1.82) is 0 Å². The minimum Gasteiger partial charge on any atom is -0.370 e. The molecule has 3 nitrogen and oxygen atoms in total. The average molecular weight is 238 g/mol. The Balaban J connectivity index is 2.32. The number of hydrogen-bond acceptors (Lipinski definition) is 3. The van der Waals surface area contributed by atoms with Crippen LogP contribution in [0.2, 0.25) is 5.02 Å². The number of aliphatic imine (C=N–C) groups is 1.